The molecule has 0 aromatic heterocycles. The van der Waals surface area contributed by atoms with E-state index in [1.54, 1.807) is 18.2 Å². The number of nitriles is 1. The van der Waals surface area contributed by atoms with Crippen LogP contribution in [0.3, 0.4) is 0 Å². The van der Waals surface area contributed by atoms with Crippen LogP contribution >= 0.6 is 0 Å². The van der Waals surface area contributed by atoms with E-state index in [1.807, 2.05) is 19.1 Å². The van der Waals surface area contributed by atoms with Gasteiger partial charge in [-0.25, -0.2) is 9.18 Å². The van der Waals surface area contributed by atoms with Crippen LogP contribution in [0, 0.1) is 24.1 Å². The quantitative estimate of drug-likeness (QED) is 0.689. The lowest BCUT2D eigenvalue weighted by atomic mass is 9.93. The average molecular weight is 451 g/mol. The molecule has 3 aliphatic rings. The summed E-state index contributed by atoms with van der Waals surface area (Å²) in [5.41, 5.74) is 4.02. The van der Waals surface area contributed by atoms with Crippen LogP contribution in [-0.4, -0.2) is 66.2 Å². The van der Waals surface area contributed by atoms with Gasteiger partial charge in [-0.1, -0.05) is 12.1 Å². The normalized spacial score (nSPS) is 24.0. The summed E-state index contributed by atoms with van der Waals surface area (Å²) in [4.78, 5) is 16.4. The first-order chi connectivity index (χ1) is 15.9. The number of piperazine rings is 2. The molecule has 33 heavy (non-hydrogen) atoms. The number of carbonyl (C=O) groups is 1. The number of aliphatic hydroxyl groups is 1. The van der Waals surface area contributed by atoms with Gasteiger partial charge in [0.25, 0.3) is 0 Å². The van der Waals surface area contributed by atoms with Crippen molar-refractivity contribution in [1.82, 2.24) is 15.1 Å². The number of nitrogens with one attached hydrogen (secondary N) is 1. The molecule has 0 aliphatic carbocycles. The van der Waals surface area contributed by atoms with E-state index < -0.39 is 11.9 Å². The molecule has 3 atom stereocenters. The van der Waals surface area contributed by atoms with Gasteiger partial charge < -0.3 is 15.2 Å². The summed E-state index contributed by atoms with van der Waals surface area (Å²) in [7, 11) is 0. The van der Waals surface area contributed by atoms with Crippen molar-refractivity contribution >= 4 is 5.97 Å². The smallest absolute Gasteiger partial charge is 0.338 e. The third-order valence-electron chi connectivity index (χ3n) is 7.17. The van der Waals surface area contributed by atoms with Crippen LogP contribution in [0.1, 0.15) is 50.3 Å². The minimum absolute atomic E-state index is 0.0578. The van der Waals surface area contributed by atoms with E-state index in [4.69, 9.17) is 4.74 Å². The van der Waals surface area contributed by atoms with Crippen molar-refractivity contribution in [3.63, 3.8) is 0 Å². The van der Waals surface area contributed by atoms with Crippen LogP contribution in [0.2, 0.25) is 0 Å². The Labute approximate surface area is 192 Å². The highest BCUT2D eigenvalue weighted by Gasteiger charge is 2.34. The lowest BCUT2D eigenvalue weighted by Gasteiger charge is -2.47. The second-order valence-electron chi connectivity index (χ2n) is 9.13. The second-order valence-corrected chi connectivity index (χ2v) is 9.13. The number of aliphatic hydroxyl groups excluding tert-OH is 1. The van der Waals surface area contributed by atoms with Crippen molar-refractivity contribution < 1.29 is 19.0 Å². The molecule has 172 valence electrons. The Hall–Kier alpha value is -2.83. The Morgan fingerprint density at radius 3 is 2.97 bits per heavy atom. The molecule has 0 bridgehead atoms. The minimum atomic E-state index is -0.631. The molecule has 7 nitrogen and oxygen atoms in total. The fourth-order valence-corrected chi connectivity index (χ4v) is 5.26. The van der Waals surface area contributed by atoms with Crippen LogP contribution in [0.15, 0.2) is 30.3 Å². The number of esters is 1. The van der Waals surface area contributed by atoms with Gasteiger partial charge in [0, 0.05) is 56.9 Å². The molecule has 3 aliphatic heterocycles. The third-order valence-corrected chi connectivity index (χ3v) is 7.17. The molecule has 2 fully saturated rings. The summed E-state index contributed by atoms with van der Waals surface area (Å²) in [6, 6.07) is 10.9. The van der Waals surface area contributed by atoms with Crippen molar-refractivity contribution in [3.05, 3.63) is 69.5 Å². The Morgan fingerprint density at radius 2 is 2.15 bits per heavy atom. The van der Waals surface area contributed by atoms with Gasteiger partial charge in [0.2, 0.25) is 0 Å². The van der Waals surface area contributed by atoms with Crippen LogP contribution in [0.4, 0.5) is 4.39 Å². The molecule has 8 heteroatoms. The highest BCUT2D eigenvalue weighted by Crippen LogP contribution is 2.29. The third kappa shape index (κ3) is 4.13. The lowest BCUT2D eigenvalue weighted by Crippen LogP contribution is -2.62. The Balaban J connectivity index is 1.21. The van der Waals surface area contributed by atoms with Gasteiger partial charge in [-0.3, -0.25) is 9.80 Å². The maximum atomic E-state index is 13.9. The largest absolute Gasteiger partial charge is 0.457 e. The predicted molar refractivity (Wildman–Crippen MR) is 119 cm³/mol. The molecule has 2 N–H and O–H groups in total. The zero-order valence-electron chi connectivity index (χ0n) is 18.6. The fraction of sp³-hybridized carbons (Fsp3) is 0.440. The molecule has 5 rings (SSSR count). The van der Waals surface area contributed by atoms with E-state index in [2.05, 4.69) is 15.1 Å². The average Bonchev–Trinajstić information content (AvgIpc) is 3.19. The van der Waals surface area contributed by atoms with Crippen molar-refractivity contribution in [1.29, 1.82) is 5.26 Å². The topological polar surface area (TPSA) is 88.8 Å². The highest BCUT2D eigenvalue weighted by atomic mass is 19.1. The predicted octanol–water partition coefficient (Wildman–Crippen LogP) is 2.04. The molecule has 0 saturated carbocycles. The van der Waals surface area contributed by atoms with Crippen LogP contribution in [0.25, 0.3) is 0 Å². The first-order valence-electron chi connectivity index (χ1n) is 11.3. The van der Waals surface area contributed by atoms with Gasteiger partial charge in [0.1, 0.15) is 18.5 Å². The summed E-state index contributed by atoms with van der Waals surface area (Å²) in [5, 5.41) is 23.7. The number of cyclic esters (lactones) is 1. The molecule has 2 aromatic rings. The Kier molecular flexibility index (Phi) is 5.89. The maximum absolute atomic E-state index is 13.9. The van der Waals surface area contributed by atoms with Gasteiger partial charge in [-0.05, 0) is 41.8 Å². The number of β-amino-alcohol motifs (C(OH)–C–C–N with tert-alkyl or cyclic N) is 1. The number of carbonyl (C=O) groups excluding carboxylic acids is 1. The first kappa shape index (κ1) is 22.0. The Morgan fingerprint density at radius 1 is 1.30 bits per heavy atom. The number of fused-ring (bicyclic) bond motifs is 2. The monoisotopic (exact) mass is 450 g/mol. The first-order valence-corrected chi connectivity index (χ1v) is 11.3. The zero-order chi connectivity index (χ0) is 23.1. The van der Waals surface area contributed by atoms with Gasteiger partial charge in [0.15, 0.2) is 0 Å². The number of ether oxygens (including phenoxy) is 1. The van der Waals surface area contributed by atoms with Gasteiger partial charge in [-0.15, -0.1) is 0 Å². The molecule has 0 spiro atoms. The highest BCUT2D eigenvalue weighted by molar-refractivity contribution is 5.93. The molecule has 2 aromatic carbocycles. The van der Waals surface area contributed by atoms with Crippen molar-refractivity contribution in [2.75, 3.05) is 39.3 Å². The number of halogens is 1. The Bertz CT molecular complexity index is 1130. The molecular weight excluding hydrogens is 423 g/mol. The molecule has 3 heterocycles. The summed E-state index contributed by atoms with van der Waals surface area (Å²) >= 11 is 0. The van der Waals surface area contributed by atoms with Crippen molar-refractivity contribution in [2.24, 2.45) is 0 Å². The van der Waals surface area contributed by atoms with E-state index in [0.717, 1.165) is 49.4 Å². The van der Waals surface area contributed by atoms with E-state index in [-0.39, 0.29) is 24.2 Å². The van der Waals surface area contributed by atoms with Gasteiger partial charge in [0.05, 0.1) is 17.2 Å². The molecule has 0 radical (unpaired) electrons. The summed E-state index contributed by atoms with van der Waals surface area (Å²) in [5.74, 6) is -0.771. The van der Waals surface area contributed by atoms with E-state index in [0.29, 0.717) is 23.7 Å². The second kappa shape index (κ2) is 8.84. The van der Waals surface area contributed by atoms with Crippen molar-refractivity contribution in [2.45, 2.75) is 31.7 Å². The molecule has 0 unspecified atom stereocenters. The number of rotatable bonds is 4. The number of nitrogens with zero attached hydrogens (tertiary/aromatic N) is 3. The van der Waals surface area contributed by atoms with E-state index in [9.17, 15) is 19.6 Å². The lowest BCUT2D eigenvalue weighted by molar-refractivity contribution is 0.0188. The SMILES string of the molecule is Cc1c([C@@H]2CN3CCN(C[C@H](O)c4ccc5c(c4)COC5=O)C[C@@H]3CN2)ccc(F)c1C#N. The van der Waals surface area contributed by atoms with Gasteiger partial charge in [-0.2, -0.15) is 5.26 Å². The number of hydrogen-bond acceptors (Lipinski definition) is 7. The van der Waals surface area contributed by atoms with Gasteiger partial charge >= 0.3 is 5.97 Å². The molecule has 2 saturated heterocycles. The summed E-state index contributed by atoms with van der Waals surface area (Å²) in [6.45, 7) is 6.77. The molecule has 0 amide bonds. The van der Waals surface area contributed by atoms with Crippen molar-refractivity contribution in [3.8, 4) is 6.07 Å². The number of benzene rings is 2. The maximum Gasteiger partial charge on any atom is 0.338 e. The fourth-order valence-electron chi connectivity index (χ4n) is 5.26. The minimum Gasteiger partial charge on any atom is -0.457 e. The van der Waals surface area contributed by atoms with E-state index in [1.165, 1.54) is 6.07 Å². The zero-order valence-corrected chi connectivity index (χ0v) is 18.6. The molecular formula is C25H27FN4O3. The summed E-state index contributed by atoms with van der Waals surface area (Å²) < 4.78 is 19.0. The van der Waals surface area contributed by atoms with Crippen LogP contribution in [-0.2, 0) is 11.3 Å². The van der Waals surface area contributed by atoms with E-state index >= 15 is 0 Å². The summed E-state index contributed by atoms with van der Waals surface area (Å²) in [6.07, 6.45) is -0.631. The van der Waals surface area contributed by atoms with Crippen LogP contribution < -0.4 is 5.32 Å². The standard InChI is InChI=1S/C25H27FN4O3/c1-15-19(4-5-22(26)21(15)9-27)23-12-30-7-6-29(11-18(30)10-28-23)13-24(31)16-2-3-20-17(8-16)14-33-25(20)32/h2-5,8,18,23-24,28,31H,6-7,10-14H2,1H3/t18-,23-,24-/m0/s1. The number of hydrogen-bond donors (Lipinski definition) is 2. The van der Waals surface area contributed by atoms with Crippen LogP contribution in [0.5, 0.6) is 0 Å².